The molecule has 1 fully saturated rings. The highest BCUT2D eigenvalue weighted by atomic mass is 16.6. The summed E-state index contributed by atoms with van der Waals surface area (Å²) in [4.78, 5) is 22.0. The third kappa shape index (κ3) is 2.84. The third-order valence-corrected chi connectivity index (χ3v) is 3.33. The molecular weight excluding hydrogens is 208 g/mol. The zero-order valence-electron chi connectivity index (χ0n) is 9.78. The van der Waals surface area contributed by atoms with Crippen molar-refractivity contribution in [1.82, 2.24) is 0 Å². The Kier molecular flexibility index (Phi) is 3.73. The molecule has 1 aliphatic carbocycles. The number of carbonyl (C=O) groups excluding carboxylic acids is 1. The first-order valence-electron chi connectivity index (χ1n) is 5.48. The molecule has 1 aliphatic rings. The van der Waals surface area contributed by atoms with E-state index in [4.69, 9.17) is 9.84 Å². The van der Waals surface area contributed by atoms with Crippen LogP contribution in [0.1, 0.15) is 39.5 Å². The highest BCUT2D eigenvalue weighted by Gasteiger charge is 2.39. The summed E-state index contributed by atoms with van der Waals surface area (Å²) in [6, 6.07) is 0. The zero-order valence-corrected chi connectivity index (χ0v) is 9.78. The lowest BCUT2D eigenvalue weighted by atomic mass is 9.94. The molecule has 4 heteroatoms. The predicted octanol–water partition coefficient (Wildman–Crippen LogP) is 2.14. The average molecular weight is 226 g/mol. The summed E-state index contributed by atoms with van der Waals surface area (Å²) in [5.74, 6) is -1.33. The Labute approximate surface area is 95.3 Å². The van der Waals surface area contributed by atoms with Crippen LogP contribution in [0.2, 0.25) is 0 Å². The molecule has 1 rings (SSSR count). The molecule has 4 nitrogen and oxygen atoms in total. The molecule has 0 saturated heterocycles. The van der Waals surface area contributed by atoms with Crippen molar-refractivity contribution in [2.45, 2.75) is 45.1 Å². The maximum Gasteiger partial charge on any atom is 0.334 e. The van der Waals surface area contributed by atoms with Gasteiger partial charge >= 0.3 is 11.9 Å². The molecule has 0 aromatic heterocycles. The van der Waals surface area contributed by atoms with Gasteiger partial charge in [-0.1, -0.05) is 13.5 Å². The highest BCUT2D eigenvalue weighted by Crippen LogP contribution is 2.38. The number of ether oxygens (including phenoxy) is 1. The van der Waals surface area contributed by atoms with Gasteiger partial charge in [-0.05, 0) is 32.1 Å². The summed E-state index contributed by atoms with van der Waals surface area (Å²) in [5.41, 5.74) is -0.453. The minimum Gasteiger partial charge on any atom is -0.481 e. The van der Waals surface area contributed by atoms with E-state index in [-0.39, 0.29) is 12.0 Å². The van der Waals surface area contributed by atoms with E-state index in [1.807, 2.05) is 13.8 Å². The first-order valence-corrected chi connectivity index (χ1v) is 5.48. The molecule has 0 heterocycles. The van der Waals surface area contributed by atoms with Gasteiger partial charge in [-0.15, -0.1) is 0 Å². The Bertz CT molecular complexity index is 321. The number of esters is 1. The van der Waals surface area contributed by atoms with Crippen molar-refractivity contribution in [2.24, 2.45) is 5.92 Å². The summed E-state index contributed by atoms with van der Waals surface area (Å²) >= 11 is 0. The van der Waals surface area contributed by atoms with Crippen molar-refractivity contribution in [3.8, 4) is 0 Å². The normalized spacial score (nSPS) is 28.8. The fraction of sp³-hybridized carbons (Fsp3) is 0.667. The van der Waals surface area contributed by atoms with E-state index in [2.05, 4.69) is 6.58 Å². The number of hydrogen-bond acceptors (Lipinski definition) is 3. The highest BCUT2D eigenvalue weighted by molar-refractivity contribution is 5.93. The molecule has 0 aromatic carbocycles. The van der Waals surface area contributed by atoms with E-state index < -0.39 is 17.5 Å². The van der Waals surface area contributed by atoms with Crippen molar-refractivity contribution in [1.29, 1.82) is 0 Å². The molecule has 16 heavy (non-hydrogen) atoms. The molecule has 90 valence electrons. The third-order valence-electron chi connectivity index (χ3n) is 3.33. The van der Waals surface area contributed by atoms with Gasteiger partial charge in [-0.2, -0.15) is 0 Å². The lowest BCUT2D eigenvalue weighted by Crippen LogP contribution is -2.34. The molecule has 0 spiro atoms. The van der Waals surface area contributed by atoms with Crippen LogP contribution in [-0.2, 0) is 14.3 Å². The van der Waals surface area contributed by atoms with Gasteiger partial charge in [-0.3, -0.25) is 4.79 Å². The van der Waals surface area contributed by atoms with E-state index in [0.717, 1.165) is 19.3 Å². The summed E-state index contributed by atoms with van der Waals surface area (Å²) in [6.07, 6.45) is 2.55. The second-order valence-corrected chi connectivity index (χ2v) is 4.67. The second kappa shape index (κ2) is 4.68. The van der Waals surface area contributed by atoms with Crippen LogP contribution >= 0.6 is 0 Å². The van der Waals surface area contributed by atoms with Crippen molar-refractivity contribution in [3.63, 3.8) is 0 Å². The van der Waals surface area contributed by atoms with Gasteiger partial charge in [0.25, 0.3) is 0 Å². The Morgan fingerprint density at radius 1 is 1.56 bits per heavy atom. The van der Waals surface area contributed by atoms with Gasteiger partial charge in [0.15, 0.2) is 0 Å². The summed E-state index contributed by atoms with van der Waals surface area (Å²) < 4.78 is 5.37. The van der Waals surface area contributed by atoms with Gasteiger partial charge in [0, 0.05) is 5.57 Å². The molecule has 2 atom stereocenters. The van der Waals surface area contributed by atoms with E-state index in [1.54, 1.807) is 0 Å². The standard InChI is InChI=1S/C12H18O4/c1-8(7-10(13)14)11(15)16-12(3)6-4-5-9(12)2/h9H,1,4-7H2,2-3H3,(H,13,14). The molecule has 0 bridgehead atoms. The van der Waals surface area contributed by atoms with Gasteiger partial charge < -0.3 is 9.84 Å². The van der Waals surface area contributed by atoms with Crippen molar-refractivity contribution in [3.05, 3.63) is 12.2 Å². The Balaban J connectivity index is 2.57. The number of aliphatic carboxylic acids is 1. The van der Waals surface area contributed by atoms with E-state index in [0.29, 0.717) is 5.92 Å². The topological polar surface area (TPSA) is 63.6 Å². The van der Waals surface area contributed by atoms with Crippen LogP contribution < -0.4 is 0 Å². The Hall–Kier alpha value is -1.32. The largest absolute Gasteiger partial charge is 0.481 e. The van der Waals surface area contributed by atoms with Crippen molar-refractivity contribution >= 4 is 11.9 Å². The van der Waals surface area contributed by atoms with Crippen LogP contribution in [-0.4, -0.2) is 22.6 Å². The quantitative estimate of drug-likeness (QED) is 0.589. The smallest absolute Gasteiger partial charge is 0.334 e. The van der Waals surface area contributed by atoms with Crippen LogP contribution in [0.4, 0.5) is 0 Å². The van der Waals surface area contributed by atoms with Crippen LogP contribution in [0.3, 0.4) is 0 Å². The molecule has 0 radical (unpaired) electrons. The van der Waals surface area contributed by atoms with E-state index >= 15 is 0 Å². The van der Waals surface area contributed by atoms with Crippen molar-refractivity contribution < 1.29 is 19.4 Å². The lowest BCUT2D eigenvalue weighted by Gasteiger charge is -2.29. The first kappa shape index (κ1) is 12.7. The fourth-order valence-electron chi connectivity index (χ4n) is 2.00. The Morgan fingerprint density at radius 3 is 2.62 bits per heavy atom. The number of carbonyl (C=O) groups is 2. The lowest BCUT2D eigenvalue weighted by molar-refractivity contribution is -0.157. The number of carboxylic acid groups (broad SMARTS) is 1. The zero-order chi connectivity index (χ0) is 12.3. The van der Waals surface area contributed by atoms with Crippen LogP contribution in [0.25, 0.3) is 0 Å². The van der Waals surface area contributed by atoms with Crippen LogP contribution in [0.15, 0.2) is 12.2 Å². The van der Waals surface area contributed by atoms with E-state index in [1.165, 1.54) is 0 Å². The number of carboxylic acids is 1. The molecule has 2 unspecified atom stereocenters. The predicted molar refractivity (Wildman–Crippen MR) is 58.9 cm³/mol. The molecule has 0 aliphatic heterocycles. The average Bonchev–Trinajstić information content (AvgIpc) is 2.45. The molecule has 0 amide bonds. The maximum absolute atomic E-state index is 11.6. The second-order valence-electron chi connectivity index (χ2n) is 4.67. The van der Waals surface area contributed by atoms with Crippen LogP contribution in [0, 0.1) is 5.92 Å². The molecular formula is C12H18O4. The number of hydrogen-bond donors (Lipinski definition) is 1. The fourth-order valence-corrected chi connectivity index (χ4v) is 2.00. The van der Waals surface area contributed by atoms with Gasteiger partial charge in [0.1, 0.15) is 5.60 Å². The van der Waals surface area contributed by atoms with Gasteiger partial charge in [-0.25, -0.2) is 4.79 Å². The van der Waals surface area contributed by atoms with Crippen LogP contribution in [0.5, 0.6) is 0 Å². The number of rotatable bonds is 4. The molecule has 1 saturated carbocycles. The first-order chi connectivity index (χ1) is 7.35. The van der Waals surface area contributed by atoms with Gasteiger partial charge in [0.05, 0.1) is 6.42 Å². The summed E-state index contributed by atoms with van der Waals surface area (Å²) in [5, 5.41) is 8.54. The van der Waals surface area contributed by atoms with Crippen molar-refractivity contribution in [2.75, 3.05) is 0 Å². The minimum absolute atomic E-state index is 0.00725. The summed E-state index contributed by atoms with van der Waals surface area (Å²) in [7, 11) is 0. The van der Waals surface area contributed by atoms with Gasteiger partial charge in [0.2, 0.25) is 0 Å². The monoisotopic (exact) mass is 226 g/mol. The maximum atomic E-state index is 11.6. The molecule has 0 aromatic rings. The Morgan fingerprint density at radius 2 is 2.19 bits per heavy atom. The SMILES string of the molecule is C=C(CC(=O)O)C(=O)OC1(C)CCCC1C. The molecule has 1 N–H and O–H groups in total. The minimum atomic E-state index is -1.06. The van der Waals surface area contributed by atoms with E-state index in [9.17, 15) is 9.59 Å². The summed E-state index contributed by atoms with van der Waals surface area (Å²) in [6.45, 7) is 7.38.